The topological polar surface area (TPSA) is 68.3 Å². The molecular formula is C21H28N2O5S. The van der Waals surface area contributed by atoms with Gasteiger partial charge < -0.3 is 14.2 Å². The minimum absolute atomic E-state index is 0.213. The molecule has 2 aromatic rings. The number of methoxy groups -OCH3 is 2. The Morgan fingerprint density at radius 2 is 1.59 bits per heavy atom. The number of hydrogen-bond donors (Lipinski definition) is 0. The van der Waals surface area contributed by atoms with Gasteiger partial charge in [0.15, 0.2) is 11.5 Å². The third-order valence-electron chi connectivity index (χ3n) is 4.99. The number of hydrogen-bond acceptors (Lipinski definition) is 6. The van der Waals surface area contributed by atoms with Crippen molar-refractivity contribution in [2.75, 3.05) is 47.0 Å². The van der Waals surface area contributed by atoms with Crippen LogP contribution in [0.4, 0.5) is 0 Å². The largest absolute Gasteiger partial charge is 0.494 e. The van der Waals surface area contributed by atoms with Gasteiger partial charge >= 0.3 is 0 Å². The Bertz CT molecular complexity index is 924. The van der Waals surface area contributed by atoms with Crippen molar-refractivity contribution in [2.24, 2.45) is 0 Å². The highest BCUT2D eigenvalue weighted by molar-refractivity contribution is 7.89. The van der Waals surface area contributed by atoms with E-state index in [-0.39, 0.29) is 4.90 Å². The molecule has 0 spiro atoms. The molecule has 0 aliphatic carbocycles. The summed E-state index contributed by atoms with van der Waals surface area (Å²) in [6.07, 6.45) is 0. The van der Waals surface area contributed by atoms with Crippen molar-refractivity contribution in [3.63, 3.8) is 0 Å². The third-order valence-corrected chi connectivity index (χ3v) is 6.89. The minimum atomic E-state index is -3.59. The third kappa shape index (κ3) is 4.83. The number of benzene rings is 2. The van der Waals surface area contributed by atoms with Crippen molar-refractivity contribution >= 4 is 10.0 Å². The van der Waals surface area contributed by atoms with E-state index >= 15 is 0 Å². The molecule has 0 amide bonds. The maximum atomic E-state index is 13.1. The summed E-state index contributed by atoms with van der Waals surface area (Å²) in [5.74, 6) is 1.79. The predicted octanol–water partition coefficient (Wildman–Crippen LogP) is 2.61. The zero-order valence-electron chi connectivity index (χ0n) is 17.1. The smallest absolute Gasteiger partial charge is 0.243 e. The number of para-hydroxylation sites is 1. The summed E-state index contributed by atoms with van der Waals surface area (Å²) in [7, 11) is -0.570. The van der Waals surface area contributed by atoms with E-state index in [0.717, 1.165) is 17.9 Å². The van der Waals surface area contributed by atoms with Gasteiger partial charge in [0.25, 0.3) is 0 Å². The van der Waals surface area contributed by atoms with Crippen LogP contribution in [0, 0.1) is 0 Å². The van der Waals surface area contributed by atoms with Crippen LogP contribution in [0.5, 0.6) is 17.2 Å². The lowest BCUT2D eigenvalue weighted by Gasteiger charge is -2.34. The zero-order valence-corrected chi connectivity index (χ0v) is 17.9. The maximum absolute atomic E-state index is 13.1. The van der Waals surface area contributed by atoms with Crippen LogP contribution < -0.4 is 14.2 Å². The fourth-order valence-corrected chi connectivity index (χ4v) is 4.86. The monoisotopic (exact) mass is 420 g/mol. The number of nitrogens with zero attached hydrogens (tertiary/aromatic N) is 2. The van der Waals surface area contributed by atoms with E-state index in [0.29, 0.717) is 44.3 Å². The van der Waals surface area contributed by atoms with Crippen LogP contribution in [0.25, 0.3) is 0 Å². The number of piperazine rings is 1. The van der Waals surface area contributed by atoms with E-state index in [9.17, 15) is 8.42 Å². The highest BCUT2D eigenvalue weighted by Gasteiger charge is 2.29. The first kappa shape index (κ1) is 21.4. The van der Waals surface area contributed by atoms with Crippen molar-refractivity contribution in [3.8, 4) is 17.2 Å². The molecule has 1 aliphatic heterocycles. The summed E-state index contributed by atoms with van der Waals surface area (Å²) in [6.45, 7) is 5.52. The summed E-state index contributed by atoms with van der Waals surface area (Å²) >= 11 is 0. The van der Waals surface area contributed by atoms with Gasteiger partial charge in [-0.1, -0.05) is 18.2 Å². The van der Waals surface area contributed by atoms with Crippen LogP contribution in [0.2, 0.25) is 0 Å². The minimum Gasteiger partial charge on any atom is -0.494 e. The molecular weight excluding hydrogens is 392 g/mol. The van der Waals surface area contributed by atoms with E-state index in [1.54, 1.807) is 12.1 Å². The van der Waals surface area contributed by atoms with Crippen molar-refractivity contribution in [3.05, 3.63) is 48.0 Å². The average Bonchev–Trinajstić information content (AvgIpc) is 2.75. The molecule has 0 unspecified atom stereocenters. The van der Waals surface area contributed by atoms with Gasteiger partial charge in [-0.05, 0) is 25.1 Å². The fraction of sp³-hybridized carbons (Fsp3) is 0.429. The van der Waals surface area contributed by atoms with E-state index in [1.807, 2.05) is 25.1 Å². The molecule has 0 saturated carbocycles. The summed E-state index contributed by atoms with van der Waals surface area (Å²) in [4.78, 5) is 2.46. The molecule has 7 nitrogen and oxygen atoms in total. The van der Waals surface area contributed by atoms with E-state index < -0.39 is 10.0 Å². The highest BCUT2D eigenvalue weighted by Crippen LogP contribution is 2.31. The second-order valence-electron chi connectivity index (χ2n) is 6.74. The number of rotatable bonds is 8. The highest BCUT2D eigenvalue weighted by atomic mass is 32.2. The first-order valence-corrected chi connectivity index (χ1v) is 11.1. The molecule has 29 heavy (non-hydrogen) atoms. The Morgan fingerprint density at radius 1 is 0.897 bits per heavy atom. The van der Waals surface area contributed by atoms with Crippen LogP contribution in [0.3, 0.4) is 0 Å². The van der Waals surface area contributed by atoms with Gasteiger partial charge in [-0.15, -0.1) is 0 Å². The Balaban J connectivity index is 1.67. The van der Waals surface area contributed by atoms with Gasteiger partial charge in [0, 0.05) is 44.4 Å². The molecule has 1 heterocycles. The quantitative estimate of drug-likeness (QED) is 0.654. The molecule has 1 aliphatic rings. The molecule has 1 fully saturated rings. The second kappa shape index (κ2) is 9.47. The predicted molar refractivity (Wildman–Crippen MR) is 111 cm³/mol. The Labute approximate surface area is 172 Å². The van der Waals surface area contributed by atoms with Crippen molar-refractivity contribution < 1.29 is 22.6 Å². The Hall–Kier alpha value is -2.29. The van der Waals surface area contributed by atoms with Crippen LogP contribution in [0.15, 0.2) is 47.4 Å². The Morgan fingerprint density at radius 3 is 2.24 bits per heavy atom. The molecule has 0 aromatic heterocycles. The number of ether oxygens (including phenoxy) is 3. The molecule has 158 valence electrons. The lowest BCUT2D eigenvalue weighted by atomic mass is 10.2. The summed E-state index contributed by atoms with van der Waals surface area (Å²) in [5.41, 5.74) is 1.12. The van der Waals surface area contributed by atoms with Gasteiger partial charge in [0.1, 0.15) is 5.75 Å². The van der Waals surface area contributed by atoms with Gasteiger partial charge in [0.05, 0.1) is 25.7 Å². The first-order chi connectivity index (χ1) is 14.0. The van der Waals surface area contributed by atoms with Crippen molar-refractivity contribution in [2.45, 2.75) is 18.4 Å². The van der Waals surface area contributed by atoms with E-state index in [2.05, 4.69) is 11.0 Å². The van der Waals surface area contributed by atoms with Crippen molar-refractivity contribution in [1.82, 2.24) is 9.21 Å². The molecule has 2 aromatic carbocycles. The van der Waals surface area contributed by atoms with Crippen LogP contribution >= 0.6 is 0 Å². The normalized spacial score (nSPS) is 15.8. The average molecular weight is 421 g/mol. The SMILES string of the molecule is CCOc1ccccc1CN1CCN(S(=O)(=O)c2ccc(OC)c(OC)c2)CC1. The lowest BCUT2D eigenvalue weighted by Crippen LogP contribution is -2.48. The summed E-state index contributed by atoms with van der Waals surface area (Å²) in [5, 5.41) is 0. The van der Waals surface area contributed by atoms with Crippen LogP contribution in [-0.2, 0) is 16.6 Å². The fourth-order valence-electron chi connectivity index (χ4n) is 3.43. The zero-order chi connectivity index (χ0) is 20.9. The standard InChI is InChI=1S/C21H28N2O5S/c1-4-28-19-8-6-5-7-17(19)16-22-11-13-23(14-12-22)29(24,25)18-9-10-20(26-2)21(15-18)27-3/h5-10,15H,4,11-14,16H2,1-3H3. The van der Waals surface area contributed by atoms with Gasteiger partial charge in [-0.25, -0.2) is 8.42 Å². The second-order valence-corrected chi connectivity index (χ2v) is 8.68. The lowest BCUT2D eigenvalue weighted by molar-refractivity contribution is 0.179. The molecule has 0 radical (unpaired) electrons. The van der Waals surface area contributed by atoms with Crippen LogP contribution in [0.1, 0.15) is 12.5 Å². The first-order valence-electron chi connectivity index (χ1n) is 9.64. The molecule has 0 N–H and O–H groups in total. The number of sulfonamides is 1. The Kier molecular flexibility index (Phi) is 7.00. The summed E-state index contributed by atoms with van der Waals surface area (Å²) in [6, 6.07) is 12.7. The van der Waals surface area contributed by atoms with Gasteiger partial charge in [-0.3, -0.25) is 4.90 Å². The molecule has 0 bridgehead atoms. The van der Waals surface area contributed by atoms with E-state index in [4.69, 9.17) is 14.2 Å². The maximum Gasteiger partial charge on any atom is 0.243 e. The van der Waals surface area contributed by atoms with E-state index in [1.165, 1.54) is 24.6 Å². The molecule has 1 saturated heterocycles. The van der Waals surface area contributed by atoms with Gasteiger partial charge in [-0.2, -0.15) is 4.31 Å². The summed E-state index contributed by atoms with van der Waals surface area (Å²) < 4.78 is 43.8. The molecule has 8 heteroatoms. The molecule has 3 rings (SSSR count). The van der Waals surface area contributed by atoms with Crippen LogP contribution in [-0.4, -0.2) is 64.6 Å². The molecule has 0 atom stereocenters. The van der Waals surface area contributed by atoms with Gasteiger partial charge in [0.2, 0.25) is 10.0 Å². The van der Waals surface area contributed by atoms with Crippen molar-refractivity contribution in [1.29, 1.82) is 0 Å².